The highest BCUT2D eigenvalue weighted by Gasteiger charge is 2.23. The lowest BCUT2D eigenvalue weighted by molar-refractivity contribution is 0.174. The number of ether oxygens (including phenoxy) is 3. The topological polar surface area (TPSA) is 93.3 Å². The summed E-state index contributed by atoms with van der Waals surface area (Å²) in [5.74, 6) is 3.38. The van der Waals surface area contributed by atoms with Gasteiger partial charge in [0.1, 0.15) is 28.2 Å². The minimum absolute atomic E-state index is 0.187. The Labute approximate surface area is 239 Å². The molecule has 204 valence electrons. The third kappa shape index (κ3) is 3.94. The summed E-state index contributed by atoms with van der Waals surface area (Å²) in [4.78, 5) is 29.0. The fraction of sp³-hybridized carbons (Fsp3) is 0.0909. The number of hydrogen-bond donors (Lipinski definition) is 0. The van der Waals surface area contributed by atoms with Crippen LogP contribution in [-0.4, -0.2) is 30.9 Å². The van der Waals surface area contributed by atoms with E-state index in [1.165, 1.54) is 0 Å². The fourth-order valence-electron chi connectivity index (χ4n) is 5.37. The maximum Gasteiger partial charge on any atom is 0.265 e. The van der Waals surface area contributed by atoms with E-state index in [2.05, 4.69) is 0 Å². The lowest BCUT2D eigenvalue weighted by atomic mass is 10.2. The molecule has 4 aromatic carbocycles. The highest BCUT2D eigenvalue weighted by molar-refractivity contribution is 6.05. The SMILES string of the molecule is Cc1nc2c(c(=O)n1Cc1ccc3c(c1)OCO3)c1nc3ccccc3nc1n2-c1ccc(Oc2ccccc2)cc1. The van der Waals surface area contributed by atoms with Crippen molar-refractivity contribution in [3.63, 3.8) is 0 Å². The van der Waals surface area contributed by atoms with Crippen molar-refractivity contribution in [2.24, 2.45) is 0 Å². The summed E-state index contributed by atoms with van der Waals surface area (Å²) >= 11 is 0. The van der Waals surface area contributed by atoms with Crippen LogP contribution in [0, 0.1) is 6.92 Å². The molecule has 0 radical (unpaired) electrons. The molecule has 9 nitrogen and oxygen atoms in total. The predicted octanol–water partition coefficient (Wildman–Crippen LogP) is 6.16. The zero-order chi connectivity index (χ0) is 28.2. The average molecular weight is 554 g/mol. The summed E-state index contributed by atoms with van der Waals surface area (Å²) in [6.45, 7) is 2.35. The Morgan fingerprint density at radius 1 is 0.762 bits per heavy atom. The van der Waals surface area contributed by atoms with Crippen LogP contribution in [0.5, 0.6) is 23.0 Å². The monoisotopic (exact) mass is 553 g/mol. The number of aromatic nitrogens is 5. The number of fused-ring (bicyclic) bond motifs is 5. The van der Waals surface area contributed by atoms with Crippen LogP contribution in [0.25, 0.3) is 38.9 Å². The van der Waals surface area contributed by atoms with Crippen molar-refractivity contribution in [2.45, 2.75) is 13.5 Å². The summed E-state index contributed by atoms with van der Waals surface area (Å²) in [5.41, 5.74) is 4.51. The van der Waals surface area contributed by atoms with E-state index in [1.54, 1.807) is 4.57 Å². The fourth-order valence-corrected chi connectivity index (χ4v) is 5.37. The number of aryl methyl sites for hydroxylation is 1. The first kappa shape index (κ1) is 24.1. The van der Waals surface area contributed by atoms with Crippen LogP contribution in [0.1, 0.15) is 11.4 Å². The first-order valence-electron chi connectivity index (χ1n) is 13.5. The Morgan fingerprint density at radius 3 is 2.29 bits per heavy atom. The van der Waals surface area contributed by atoms with E-state index >= 15 is 0 Å². The molecule has 0 saturated heterocycles. The zero-order valence-electron chi connectivity index (χ0n) is 22.5. The Hall–Kier alpha value is -5.70. The second kappa shape index (κ2) is 9.45. The minimum atomic E-state index is -0.187. The zero-order valence-corrected chi connectivity index (χ0v) is 22.5. The van der Waals surface area contributed by atoms with Crippen molar-refractivity contribution < 1.29 is 14.2 Å². The molecule has 8 rings (SSSR count). The van der Waals surface area contributed by atoms with E-state index in [-0.39, 0.29) is 12.4 Å². The van der Waals surface area contributed by atoms with Gasteiger partial charge in [-0.2, -0.15) is 0 Å². The molecular formula is C33H23N5O4. The summed E-state index contributed by atoms with van der Waals surface area (Å²) in [6.07, 6.45) is 0. The summed E-state index contributed by atoms with van der Waals surface area (Å²) in [6, 6.07) is 30.6. The Morgan fingerprint density at radius 2 is 1.48 bits per heavy atom. The highest BCUT2D eigenvalue weighted by atomic mass is 16.7. The van der Waals surface area contributed by atoms with Gasteiger partial charge in [-0.05, 0) is 73.2 Å². The molecule has 0 bridgehead atoms. The van der Waals surface area contributed by atoms with Gasteiger partial charge in [-0.1, -0.05) is 36.4 Å². The van der Waals surface area contributed by atoms with Gasteiger partial charge in [-0.3, -0.25) is 13.9 Å². The van der Waals surface area contributed by atoms with E-state index in [0.29, 0.717) is 57.3 Å². The molecule has 42 heavy (non-hydrogen) atoms. The molecule has 0 unspecified atom stereocenters. The second-order valence-electron chi connectivity index (χ2n) is 10.1. The van der Waals surface area contributed by atoms with Crippen molar-refractivity contribution >= 4 is 33.2 Å². The van der Waals surface area contributed by atoms with E-state index in [0.717, 1.165) is 22.5 Å². The van der Waals surface area contributed by atoms with Crippen LogP contribution < -0.4 is 19.8 Å². The molecule has 0 atom stereocenters. The van der Waals surface area contributed by atoms with Gasteiger partial charge in [0.2, 0.25) is 6.79 Å². The van der Waals surface area contributed by atoms with Gasteiger partial charge in [-0.15, -0.1) is 0 Å². The smallest absolute Gasteiger partial charge is 0.265 e. The number of hydrogen-bond acceptors (Lipinski definition) is 7. The van der Waals surface area contributed by atoms with Crippen LogP contribution in [0.2, 0.25) is 0 Å². The lowest BCUT2D eigenvalue weighted by Gasteiger charge is -2.12. The minimum Gasteiger partial charge on any atom is -0.457 e. The first-order valence-corrected chi connectivity index (χ1v) is 13.5. The molecule has 0 spiro atoms. The van der Waals surface area contributed by atoms with Gasteiger partial charge in [0.05, 0.1) is 17.6 Å². The summed E-state index contributed by atoms with van der Waals surface area (Å²) < 4.78 is 20.6. The van der Waals surface area contributed by atoms with Crippen molar-refractivity contribution in [1.29, 1.82) is 0 Å². The standard InChI is InChI=1S/C33H23N5O4/c1-20-34-31-29(33(39)37(20)18-21-11-16-27-28(17-21)41-19-40-27)30-32(36-26-10-6-5-9-25(26)35-30)38(31)22-12-14-24(15-13-22)42-23-7-3-2-4-8-23/h2-17H,18-19H2,1H3. The number of nitrogens with zero attached hydrogens (tertiary/aromatic N) is 5. The predicted molar refractivity (Wildman–Crippen MR) is 159 cm³/mol. The molecule has 9 heteroatoms. The van der Waals surface area contributed by atoms with Crippen LogP contribution in [-0.2, 0) is 6.54 Å². The highest BCUT2D eigenvalue weighted by Crippen LogP contribution is 2.33. The molecule has 1 aliphatic rings. The average Bonchev–Trinajstić information content (AvgIpc) is 3.61. The molecule has 3 aromatic heterocycles. The number of para-hydroxylation sites is 3. The summed E-state index contributed by atoms with van der Waals surface area (Å²) in [7, 11) is 0. The van der Waals surface area contributed by atoms with Crippen LogP contribution in [0.15, 0.2) is 102 Å². The molecule has 0 amide bonds. The van der Waals surface area contributed by atoms with Crippen molar-refractivity contribution in [3.05, 3.63) is 119 Å². The lowest BCUT2D eigenvalue weighted by Crippen LogP contribution is -2.24. The third-order valence-corrected chi connectivity index (χ3v) is 7.41. The van der Waals surface area contributed by atoms with Crippen molar-refractivity contribution in [1.82, 2.24) is 24.1 Å². The van der Waals surface area contributed by atoms with Gasteiger partial charge in [0.15, 0.2) is 22.8 Å². The van der Waals surface area contributed by atoms with Crippen LogP contribution >= 0.6 is 0 Å². The quantitative estimate of drug-likeness (QED) is 0.252. The Bertz CT molecular complexity index is 2210. The molecule has 7 aromatic rings. The molecule has 0 N–H and O–H groups in total. The molecular weight excluding hydrogens is 530 g/mol. The Balaban J connectivity index is 1.31. The third-order valence-electron chi connectivity index (χ3n) is 7.41. The van der Waals surface area contributed by atoms with Gasteiger partial charge >= 0.3 is 0 Å². The normalized spacial score (nSPS) is 12.4. The van der Waals surface area contributed by atoms with E-state index in [9.17, 15) is 4.79 Å². The molecule has 0 saturated carbocycles. The van der Waals surface area contributed by atoms with Crippen molar-refractivity contribution in [2.75, 3.05) is 6.79 Å². The Kier molecular flexibility index (Phi) is 5.43. The molecule has 1 aliphatic heterocycles. The number of rotatable bonds is 5. The van der Waals surface area contributed by atoms with Crippen LogP contribution in [0.4, 0.5) is 0 Å². The second-order valence-corrected chi connectivity index (χ2v) is 10.1. The first-order chi connectivity index (χ1) is 20.6. The van der Waals surface area contributed by atoms with Gasteiger partial charge in [0, 0.05) is 5.69 Å². The number of benzene rings is 4. The van der Waals surface area contributed by atoms with Crippen LogP contribution in [0.3, 0.4) is 0 Å². The van der Waals surface area contributed by atoms with E-state index < -0.39 is 0 Å². The molecule has 0 aliphatic carbocycles. The van der Waals surface area contributed by atoms with Gasteiger partial charge in [0.25, 0.3) is 5.56 Å². The maximum absolute atomic E-state index is 14.2. The van der Waals surface area contributed by atoms with Crippen molar-refractivity contribution in [3.8, 4) is 28.7 Å². The summed E-state index contributed by atoms with van der Waals surface area (Å²) in [5, 5.41) is 0.416. The molecule has 0 fully saturated rings. The molecule has 4 heterocycles. The maximum atomic E-state index is 14.2. The van der Waals surface area contributed by atoms with E-state index in [4.69, 9.17) is 29.2 Å². The van der Waals surface area contributed by atoms with E-state index in [1.807, 2.05) is 109 Å². The largest absolute Gasteiger partial charge is 0.457 e. The van der Waals surface area contributed by atoms with Gasteiger partial charge < -0.3 is 14.2 Å². The van der Waals surface area contributed by atoms with Gasteiger partial charge in [-0.25, -0.2) is 15.0 Å².